The van der Waals surface area contributed by atoms with Crippen molar-refractivity contribution in [1.29, 1.82) is 0 Å². The van der Waals surface area contributed by atoms with Gasteiger partial charge in [0.25, 0.3) is 0 Å². The third kappa shape index (κ3) is 2.26. The summed E-state index contributed by atoms with van der Waals surface area (Å²) < 4.78 is 0. The summed E-state index contributed by atoms with van der Waals surface area (Å²) in [6.07, 6.45) is 1.07. The number of para-hydroxylation sites is 1. The zero-order chi connectivity index (χ0) is 11.4. The maximum absolute atomic E-state index is 3.42. The molecule has 2 aromatic rings. The molecule has 0 aliphatic heterocycles. The van der Waals surface area contributed by atoms with E-state index in [1.54, 1.807) is 0 Å². The van der Waals surface area contributed by atoms with Gasteiger partial charge in [-0.2, -0.15) is 0 Å². The number of nitrogens with one attached hydrogen (secondary N) is 3. The molecule has 0 atom stereocenters. The first-order chi connectivity index (χ1) is 7.83. The van der Waals surface area contributed by atoms with Gasteiger partial charge in [0.05, 0.1) is 0 Å². The Balaban J connectivity index is 2.13. The average Bonchev–Trinajstić information content (AvgIpc) is 2.61. The molecule has 3 N–H and O–H groups in total. The minimum atomic E-state index is 0.863. The van der Waals surface area contributed by atoms with E-state index in [0.29, 0.717) is 0 Å². The van der Waals surface area contributed by atoms with Crippen LogP contribution in [0.2, 0.25) is 0 Å². The molecule has 1 aromatic heterocycles. The third-order valence-electron chi connectivity index (χ3n) is 2.88. The Hall–Kier alpha value is -1.32. The molecule has 16 heavy (non-hydrogen) atoms. The second-order valence-corrected chi connectivity index (χ2v) is 4.05. The first kappa shape index (κ1) is 11.2. The van der Waals surface area contributed by atoms with Gasteiger partial charge in [-0.25, -0.2) is 0 Å². The summed E-state index contributed by atoms with van der Waals surface area (Å²) in [6, 6.07) is 8.49. The van der Waals surface area contributed by atoms with Crippen molar-refractivity contribution >= 4 is 10.9 Å². The molecule has 0 unspecified atom stereocenters. The zero-order valence-electron chi connectivity index (χ0n) is 9.93. The number of aromatic nitrogens is 1. The van der Waals surface area contributed by atoms with Gasteiger partial charge >= 0.3 is 0 Å². The van der Waals surface area contributed by atoms with Gasteiger partial charge in [-0.15, -0.1) is 0 Å². The Morgan fingerprint density at radius 3 is 2.88 bits per heavy atom. The first-order valence-corrected chi connectivity index (χ1v) is 5.74. The summed E-state index contributed by atoms with van der Waals surface area (Å²) in [4.78, 5) is 3.42. The highest BCUT2D eigenvalue weighted by Gasteiger charge is 2.06. The molecular formula is C13H19N3. The molecule has 0 radical (unpaired) electrons. The fraction of sp³-hybridized carbons (Fsp3) is 0.385. The molecule has 0 amide bonds. The predicted octanol–water partition coefficient (Wildman–Crippen LogP) is 1.79. The molecular weight excluding hydrogens is 198 g/mol. The van der Waals surface area contributed by atoms with Crippen molar-refractivity contribution in [1.82, 2.24) is 15.6 Å². The predicted molar refractivity (Wildman–Crippen MR) is 68.7 cm³/mol. The first-order valence-electron chi connectivity index (χ1n) is 5.74. The molecule has 0 spiro atoms. The molecule has 2 rings (SSSR count). The molecule has 1 aromatic carbocycles. The number of fused-ring (bicyclic) bond motifs is 1. The van der Waals surface area contributed by atoms with Gasteiger partial charge in [0.1, 0.15) is 0 Å². The summed E-state index contributed by atoms with van der Waals surface area (Å²) in [5, 5.41) is 7.77. The van der Waals surface area contributed by atoms with Gasteiger partial charge in [0.2, 0.25) is 0 Å². The van der Waals surface area contributed by atoms with Crippen molar-refractivity contribution < 1.29 is 0 Å². The van der Waals surface area contributed by atoms with Crippen molar-refractivity contribution in [2.75, 3.05) is 20.3 Å². The summed E-state index contributed by atoms with van der Waals surface area (Å²) in [5.74, 6) is 0. The molecule has 0 aliphatic rings. The number of H-pyrrole nitrogens is 1. The van der Waals surface area contributed by atoms with Crippen LogP contribution in [0.3, 0.4) is 0 Å². The number of rotatable bonds is 5. The van der Waals surface area contributed by atoms with E-state index in [1.807, 2.05) is 7.05 Å². The quantitative estimate of drug-likeness (QED) is 0.528. The van der Waals surface area contributed by atoms with Crippen LogP contribution in [0.25, 0.3) is 10.9 Å². The lowest BCUT2D eigenvalue weighted by molar-refractivity contribution is 0.631. The highest BCUT2D eigenvalue weighted by atomic mass is 15.0. The minimum absolute atomic E-state index is 0.863. The van der Waals surface area contributed by atoms with E-state index in [0.717, 1.165) is 19.6 Å². The fourth-order valence-electron chi connectivity index (χ4n) is 2.08. The average molecular weight is 217 g/mol. The maximum Gasteiger partial charge on any atom is 0.0458 e. The van der Waals surface area contributed by atoms with Crippen LogP contribution in [0.15, 0.2) is 24.3 Å². The topological polar surface area (TPSA) is 39.8 Å². The standard InChI is InChI=1S/C13H19N3/c1-10-11(7-8-15-9-14-2)12-5-3-4-6-13(12)16-10/h3-6,14-16H,7-9H2,1-2H3. The lowest BCUT2D eigenvalue weighted by atomic mass is 10.1. The van der Waals surface area contributed by atoms with E-state index in [2.05, 4.69) is 46.8 Å². The molecule has 3 nitrogen and oxygen atoms in total. The Kier molecular flexibility index (Phi) is 3.59. The van der Waals surface area contributed by atoms with E-state index in [-0.39, 0.29) is 0 Å². The largest absolute Gasteiger partial charge is 0.358 e. The maximum atomic E-state index is 3.42. The van der Waals surface area contributed by atoms with E-state index >= 15 is 0 Å². The Morgan fingerprint density at radius 2 is 2.06 bits per heavy atom. The van der Waals surface area contributed by atoms with E-state index in [1.165, 1.54) is 22.2 Å². The van der Waals surface area contributed by atoms with Gasteiger partial charge in [-0.3, -0.25) is 0 Å². The number of benzene rings is 1. The van der Waals surface area contributed by atoms with Crippen LogP contribution in [0, 0.1) is 6.92 Å². The Labute approximate surface area is 96.2 Å². The van der Waals surface area contributed by atoms with Gasteiger partial charge in [-0.1, -0.05) is 18.2 Å². The van der Waals surface area contributed by atoms with Crippen molar-refractivity contribution in [3.63, 3.8) is 0 Å². The monoisotopic (exact) mass is 217 g/mol. The summed E-state index contributed by atoms with van der Waals surface area (Å²) >= 11 is 0. The van der Waals surface area contributed by atoms with Gasteiger partial charge in [0, 0.05) is 29.8 Å². The van der Waals surface area contributed by atoms with Crippen LogP contribution in [0.5, 0.6) is 0 Å². The lowest BCUT2D eigenvalue weighted by Crippen LogP contribution is -2.27. The normalized spacial score (nSPS) is 11.1. The lowest BCUT2D eigenvalue weighted by Gasteiger charge is -2.04. The van der Waals surface area contributed by atoms with Crippen LogP contribution >= 0.6 is 0 Å². The highest BCUT2D eigenvalue weighted by molar-refractivity contribution is 5.84. The fourth-order valence-corrected chi connectivity index (χ4v) is 2.08. The molecule has 0 bridgehead atoms. The van der Waals surface area contributed by atoms with Crippen molar-refractivity contribution in [2.24, 2.45) is 0 Å². The van der Waals surface area contributed by atoms with Crippen molar-refractivity contribution in [2.45, 2.75) is 13.3 Å². The minimum Gasteiger partial charge on any atom is -0.358 e. The van der Waals surface area contributed by atoms with Crippen molar-refractivity contribution in [3.05, 3.63) is 35.5 Å². The zero-order valence-corrected chi connectivity index (χ0v) is 9.93. The Morgan fingerprint density at radius 1 is 1.25 bits per heavy atom. The van der Waals surface area contributed by atoms with Crippen LogP contribution in [-0.2, 0) is 6.42 Å². The van der Waals surface area contributed by atoms with Gasteiger partial charge < -0.3 is 15.6 Å². The number of aryl methyl sites for hydroxylation is 1. The molecule has 3 heteroatoms. The summed E-state index contributed by atoms with van der Waals surface area (Å²) in [5.41, 5.74) is 3.95. The van der Waals surface area contributed by atoms with E-state index < -0.39 is 0 Å². The van der Waals surface area contributed by atoms with Crippen LogP contribution in [-0.4, -0.2) is 25.2 Å². The van der Waals surface area contributed by atoms with E-state index in [4.69, 9.17) is 0 Å². The summed E-state index contributed by atoms with van der Waals surface area (Å²) in [7, 11) is 1.95. The molecule has 0 fully saturated rings. The van der Waals surface area contributed by atoms with Crippen molar-refractivity contribution in [3.8, 4) is 0 Å². The van der Waals surface area contributed by atoms with Crippen LogP contribution < -0.4 is 10.6 Å². The van der Waals surface area contributed by atoms with Gasteiger partial charge in [0.15, 0.2) is 0 Å². The number of hydrogen-bond acceptors (Lipinski definition) is 2. The second kappa shape index (κ2) is 5.14. The van der Waals surface area contributed by atoms with Crippen LogP contribution in [0.1, 0.15) is 11.3 Å². The molecule has 0 saturated heterocycles. The number of aromatic amines is 1. The van der Waals surface area contributed by atoms with Crippen LogP contribution in [0.4, 0.5) is 0 Å². The Bertz CT molecular complexity index is 459. The van der Waals surface area contributed by atoms with Gasteiger partial charge in [-0.05, 0) is 32.0 Å². The highest BCUT2D eigenvalue weighted by Crippen LogP contribution is 2.21. The summed E-state index contributed by atoms with van der Waals surface area (Å²) in [6.45, 7) is 4.01. The molecule has 86 valence electrons. The van der Waals surface area contributed by atoms with E-state index in [9.17, 15) is 0 Å². The smallest absolute Gasteiger partial charge is 0.0458 e. The SMILES string of the molecule is CNCNCCc1c(C)[nH]c2ccccc12. The molecule has 0 saturated carbocycles. The molecule has 0 aliphatic carbocycles. The molecule has 1 heterocycles. The number of hydrogen-bond donors (Lipinski definition) is 3. The second-order valence-electron chi connectivity index (χ2n) is 4.05. The third-order valence-corrected chi connectivity index (χ3v) is 2.88.